The molecule has 2 saturated heterocycles. The Kier molecular flexibility index (Phi) is 3.36. The van der Waals surface area contributed by atoms with Crippen LogP contribution in [0.2, 0.25) is 0 Å². The number of ether oxygens (including phenoxy) is 1. The van der Waals surface area contributed by atoms with Crippen LogP contribution in [0.3, 0.4) is 0 Å². The molecule has 3 heterocycles. The second-order valence-electron chi connectivity index (χ2n) is 6.11. The van der Waals surface area contributed by atoms with Gasteiger partial charge < -0.3 is 10.1 Å². The van der Waals surface area contributed by atoms with Crippen LogP contribution in [0.1, 0.15) is 25.7 Å². The van der Waals surface area contributed by atoms with Gasteiger partial charge in [0.2, 0.25) is 0 Å². The van der Waals surface area contributed by atoms with Crippen LogP contribution in [-0.4, -0.2) is 23.2 Å². The molecule has 2 bridgehead atoms. The summed E-state index contributed by atoms with van der Waals surface area (Å²) in [6.07, 6.45) is 8.90. The first kappa shape index (κ1) is 12.8. The molecule has 0 aliphatic carbocycles. The predicted octanol–water partition coefficient (Wildman–Crippen LogP) is 3.41. The monoisotopic (exact) mass is 280 g/mol. The fourth-order valence-electron chi connectivity index (χ4n) is 3.59. The van der Waals surface area contributed by atoms with Crippen LogP contribution in [0.4, 0.5) is 0 Å². The highest BCUT2D eigenvalue weighted by atomic mass is 16.5. The van der Waals surface area contributed by atoms with Crippen molar-refractivity contribution in [2.45, 2.75) is 43.9 Å². The van der Waals surface area contributed by atoms with Crippen LogP contribution in [0.5, 0.6) is 5.75 Å². The lowest BCUT2D eigenvalue weighted by Gasteiger charge is -2.29. The van der Waals surface area contributed by atoms with E-state index >= 15 is 0 Å². The first-order valence-corrected chi connectivity index (χ1v) is 7.80. The highest BCUT2D eigenvalue weighted by Crippen LogP contribution is 2.31. The molecule has 2 aliphatic heterocycles. The summed E-state index contributed by atoms with van der Waals surface area (Å²) < 4.78 is 6.24. The second-order valence-corrected chi connectivity index (χ2v) is 6.11. The van der Waals surface area contributed by atoms with Gasteiger partial charge in [-0.05, 0) is 61.1 Å². The smallest absolute Gasteiger partial charge is 0.120 e. The number of piperidine rings is 1. The van der Waals surface area contributed by atoms with Crippen molar-refractivity contribution in [3.63, 3.8) is 0 Å². The lowest BCUT2D eigenvalue weighted by molar-refractivity contribution is 0.137. The number of pyridine rings is 1. The number of rotatable bonds is 3. The Morgan fingerprint density at radius 3 is 2.48 bits per heavy atom. The fraction of sp³-hybridized carbons (Fsp3) is 0.389. The third-order valence-corrected chi connectivity index (χ3v) is 4.58. The van der Waals surface area contributed by atoms with Crippen molar-refractivity contribution in [2.75, 3.05) is 0 Å². The maximum atomic E-state index is 6.24. The molecule has 3 heteroatoms. The minimum absolute atomic E-state index is 0.358. The van der Waals surface area contributed by atoms with Gasteiger partial charge in [0.05, 0.1) is 0 Å². The van der Waals surface area contributed by atoms with E-state index in [0.29, 0.717) is 18.2 Å². The molecule has 4 rings (SSSR count). The van der Waals surface area contributed by atoms with Crippen LogP contribution in [-0.2, 0) is 0 Å². The third-order valence-electron chi connectivity index (χ3n) is 4.58. The highest BCUT2D eigenvalue weighted by molar-refractivity contribution is 5.64. The second kappa shape index (κ2) is 5.49. The summed E-state index contributed by atoms with van der Waals surface area (Å²) in [6, 6.07) is 13.8. The largest absolute Gasteiger partial charge is 0.490 e. The molecule has 21 heavy (non-hydrogen) atoms. The highest BCUT2D eigenvalue weighted by Gasteiger charge is 2.34. The molecule has 2 aliphatic rings. The van der Waals surface area contributed by atoms with Gasteiger partial charge in [-0.15, -0.1) is 0 Å². The number of benzene rings is 1. The third kappa shape index (κ3) is 2.79. The molecule has 2 unspecified atom stereocenters. The average molecular weight is 280 g/mol. The normalized spacial score (nSPS) is 27.5. The van der Waals surface area contributed by atoms with Gasteiger partial charge in [-0.1, -0.05) is 12.1 Å². The maximum Gasteiger partial charge on any atom is 0.120 e. The van der Waals surface area contributed by atoms with Crippen molar-refractivity contribution < 1.29 is 4.74 Å². The van der Waals surface area contributed by atoms with Crippen molar-refractivity contribution in [3.05, 3.63) is 48.8 Å². The van der Waals surface area contributed by atoms with Gasteiger partial charge in [0.15, 0.2) is 0 Å². The Morgan fingerprint density at radius 2 is 1.71 bits per heavy atom. The summed E-state index contributed by atoms with van der Waals surface area (Å²) in [5, 5.41) is 3.66. The average Bonchev–Trinajstić information content (AvgIpc) is 2.87. The number of fused-ring (bicyclic) bond motifs is 2. The number of hydrogen-bond donors (Lipinski definition) is 1. The minimum Gasteiger partial charge on any atom is -0.490 e. The standard InChI is InChI=1S/C18H20N2O/c1-2-14(13-6-8-19-9-7-13)10-17(3-1)21-18-11-15-4-5-16(12-18)20-15/h1-3,6-10,15-16,18,20H,4-5,11-12H2. The Hall–Kier alpha value is -1.87. The zero-order valence-electron chi connectivity index (χ0n) is 12.0. The van der Waals surface area contributed by atoms with Crippen molar-refractivity contribution in [2.24, 2.45) is 0 Å². The molecule has 2 fully saturated rings. The molecule has 108 valence electrons. The van der Waals surface area contributed by atoms with E-state index < -0.39 is 0 Å². The SMILES string of the molecule is c1cc(OC2CC3CCC(C2)N3)cc(-c2ccncc2)c1. The Balaban J connectivity index is 1.51. The first-order valence-electron chi connectivity index (χ1n) is 7.80. The molecule has 2 aromatic rings. The lowest BCUT2D eigenvalue weighted by Crippen LogP contribution is -2.42. The van der Waals surface area contributed by atoms with Gasteiger partial charge in [-0.2, -0.15) is 0 Å². The van der Waals surface area contributed by atoms with Gasteiger partial charge in [0, 0.05) is 24.5 Å². The molecule has 0 radical (unpaired) electrons. The quantitative estimate of drug-likeness (QED) is 0.935. The predicted molar refractivity (Wildman–Crippen MR) is 83.3 cm³/mol. The van der Waals surface area contributed by atoms with Crippen LogP contribution >= 0.6 is 0 Å². The summed E-state index contributed by atoms with van der Waals surface area (Å²) >= 11 is 0. The van der Waals surface area contributed by atoms with E-state index in [1.807, 2.05) is 24.5 Å². The van der Waals surface area contributed by atoms with E-state index in [2.05, 4.69) is 34.6 Å². The summed E-state index contributed by atoms with van der Waals surface area (Å²) in [5.41, 5.74) is 2.37. The van der Waals surface area contributed by atoms with Crippen molar-refractivity contribution >= 4 is 0 Å². The fourth-order valence-corrected chi connectivity index (χ4v) is 3.59. The first-order chi connectivity index (χ1) is 10.4. The molecule has 3 nitrogen and oxygen atoms in total. The zero-order valence-corrected chi connectivity index (χ0v) is 12.0. The summed E-state index contributed by atoms with van der Waals surface area (Å²) in [5.74, 6) is 0.982. The molecule has 0 spiro atoms. The molecular formula is C18H20N2O. The van der Waals surface area contributed by atoms with Crippen molar-refractivity contribution in [1.82, 2.24) is 10.3 Å². The Morgan fingerprint density at radius 1 is 0.952 bits per heavy atom. The molecule has 1 aromatic carbocycles. The summed E-state index contributed by atoms with van der Waals surface area (Å²) in [6.45, 7) is 0. The maximum absolute atomic E-state index is 6.24. The van der Waals surface area contributed by atoms with E-state index in [1.54, 1.807) is 0 Å². The minimum atomic E-state index is 0.358. The Bertz CT molecular complexity index is 602. The molecule has 0 saturated carbocycles. The molecular weight excluding hydrogens is 260 g/mol. The zero-order chi connectivity index (χ0) is 14.1. The van der Waals surface area contributed by atoms with E-state index in [0.717, 1.165) is 18.6 Å². The van der Waals surface area contributed by atoms with Gasteiger partial charge in [0.25, 0.3) is 0 Å². The lowest BCUT2D eigenvalue weighted by atomic mass is 10.0. The van der Waals surface area contributed by atoms with Crippen LogP contribution in [0.15, 0.2) is 48.8 Å². The number of aromatic nitrogens is 1. The summed E-state index contributed by atoms with van der Waals surface area (Å²) in [7, 11) is 0. The van der Waals surface area contributed by atoms with E-state index in [4.69, 9.17) is 4.74 Å². The topological polar surface area (TPSA) is 34.1 Å². The summed E-state index contributed by atoms with van der Waals surface area (Å²) in [4.78, 5) is 4.07. The van der Waals surface area contributed by atoms with E-state index in [1.165, 1.54) is 24.0 Å². The van der Waals surface area contributed by atoms with E-state index in [-0.39, 0.29) is 0 Å². The van der Waals surface area contributed by atoms with Crippen molar-refractivity contribution in [1.29, 1.82) is 0 Å². The van der Waals surface area contributed by atoms with Gasteiger partial charge in [0.1, 0.15) is 11.9 Å². The number of nitrogens with zero attached hydrogens (tertiary/aromatic N) is 1. The molecule has 2 atom stereocenters. The van der Waals surface area contributed by atoms with Crippen molar-refractivity contribution in [3.8, 4) is 16.9 Å². The van der Waals surface area contributed by atoms with Gasteiger partial charge in [-0.3, -0.25) is 4.98 Å². The van der Waals surface area contributed by atoms with Gasteiger partial charge in [-0.25, -0.2) is 0 Å². The van der Waals surface area contributed by atoms with Crippen LogP contribution in [0, 0.1) is 0 Å². The van der Waals surface area contributed by atoms with Crippen LogP contribution < -0.4 is 10.1 Å². The number of hydrogen-bond acceptors (Lipinski definition) is 3. The number of nitrogens with one attached hydrogen (secondary N) is 1. The molecule has 1 aromatic heterocycles. The molecule has 0 amide bonds. The van der Waals surface area contributed by atoms with E-state index in [9.17, 15) is 0 Å². The van der Waals surface area contributed by atoms with Gasteiger partial charge >= 0.3 is 0 Å². The Labute approximate surface area is 125 Å². The van der Waals surface area contributed by atoms with Crippen LogP contribution in [0.25, 0.3) is 11.1 Å². The molecule has 1 N–H and O–H groups in total.